The number of rotatable bonds is 9. The fourth-order valence-corrected chi connectivity index (χ4v) is 4.98. The molecule has 2 aromatic heterocycles. The van der Waals surface area contributed by atoms with Gasteiger partial charge in [-0.2, -0.15) is 0 Å². The second-order valence-corrected chi connectivity index (χ2v) is 10.6. The van der Waals surface area contributed by atoms with Crippen LogP contribution in [0.4, 0.5) is 9.18 Å². The van der Waals surface area contributed by atoms with Crippen molar-refractivity contribution in [2.24, 2.45) is 5.73 Å². The van der Waals surface area contributed by atoms with Crippen LogP contribution in [0.1, 0.15) is 47.2 Å². The van der Waals surface area contributed by atoms with E-state index >= 15 is 0 Å². The van der Waals surface area contributed by atoms with E-state index in [-0.39, 0.29) is 42.6 Å². The number of amides is 2. The predicted octanol–water partition coefficient (Wildman–Crippen LogP) is 2.47. The van der Waals surface area contributed by atoms with Crippen molar-refractivity contribution in [3.8, 4) is 5.75 Å². The molecule has 13 heteroatoms. The predicted molar refractivity (Wildman–Crippen MR) is 157 cm³/mol. The number of likely N-dealkylation sites (N-methyl/N-ethyl adjacent to an activating group) is 1. The number of halogens is 1. The summed E-state index contributed by atoms with van der Waals surface area (Å²) in [5, 5.41) is 22.7. The number of aromatic nitrogens is 2. The van der Waals surface area contributed by atoms with Crippen LogP contribution < -0.4 is 16.6 Å². The molecule has 0 bridgehead atoms. The number of ether oxygens (including phenoxy) is 2. The van der Waals surface area contributed by atoms with Gasteiger partial charge in [0.15, 0.2) is 5.75 Å². The van der Waals surface area contributed by atoms with Gasteiger partial charge in [0.05, 0.1) is 17.7 Å². The Morgan fingerprint density at radius 3 is 2.40 bits per heavy atom. The van der Waals surface area contributed by atoms with Crippen molar-refractivity contribution >= 4 is 23.0 Å². The Morgan fingerprint density at radius 2 is 1.81 bits per heavy atom. The summed E-state index contributed by atoms with van der Waals surface area (Å²) < 4.78 is 25.2. The largest absolute Gasteiger partial charge is 0.505 e. The Balaban J connectivity index is 0.000000530. The zero-order valence-electron chi connectivity index (χ0n) is 24.1. The van der Waals surface area contributed by atoms with Gasteiger partial charge in [0, 0.05) is 52.6 Å². The molecule has 2 unspecified atom stereocenters. The van der Waals surface area contributed by atoms with Crippen LogP contribution in [0.15, 0.2) is 41.3 Å². The summed E-state index contributed by atoms with van der Waals surface area (Å²) in [6.45, 7) is 2.32. The molecule has 12 nitrogen and oxygen atoms in total. The third-order valence-corrected chi connectivity index (χ3v) is 7.47. The molecule has 0 saturated carbocycles. The molecule has 2 amide bonds. The molecule has 2 fully saturated rings. The smallest absolute Gasteiger partial charge is 0.407 e. The number of fused-ring (bicyclic) bond motifs is 1. The molecule has 2 aliphatic heterocycles. The standard InChI is InChI=1S/C25H27FN4O6.C5H11NO/c1-29(25(34)35)8-9-30-19-12-16(11-15-4-6-17(26)7-5-15)13-27-21(19)22(31)20(24(30)33)23(32)28-14-18-3-2-10-36-18;6-4-5-2-1-3-7-5/h4-7,12-13,18,31H,2-3,8-11,14H2,1H3,(H,28,32)(H,34,35);5H,1-4,6H2. The summed E-state index contributed by atoms with van der Waals surface area (Å²) in [6.07, 6.45) is 4.97. The normalized spacial score (nSPS) is 17.8. The Kier molecular flexibility index (Phi) is 11.0. The van der Waals surface area contributed by atoms with E-state index < -0.39 is 28.9 Å². The SMILES string of the molecule is CN(CCn1c(=O)c(C(=O)NCC2CCCO2)c(O)c2ncc(Cc3ccc(F)cc3)cc21)C(=O)O.NCC1CCCO1. The summed E-state index contributed by atoms with van der Waals surface area (Å²) >= 11 is 0. The van der Waals surface area contributed by atoms with E-state index in [1.807, 2.05) is 0 Å². The quantitative estimate of drug-likeness (QED) is 0.289. The molecule has 0 radical (unpaired) electrons. The maximum atomic E-state index is 13.4. The highest BCUT2D eigenvalue weighted by Gasteiger charge is 2.25. The number of nitrogens with one attached hydrogen (secondary N) is 1. The fourth-order valence-electron chi connectivity index (χ4n) is 4.98. The first-order valence-electron chi connectivity index (χ1n) is 14.3. The summed E-state index contributed by atoms with van der Waals surface area (Å²) in [6, 6.07) is 7.60. The summed E-state index contributed by atoms with van der Waals surface area (Å²) in [7, 11) is 1.36. The van der Waals surface area contributed by atoms with Gasteiger partial charge in [-0.25, -0.2) is 9.18 Å². The van der Waals surface area contributed by atoms with E-state index in [0.717, 1.165) is 36.3 Å². The molecule has 0 aliphatic carbocycles. The molecular formula is C30H38FN5O7. The monoisotopic (exact) mass is 599 g/mol. The number of carboxylic acid groups (broad SMARTS) is 1. The highest BCUT2D eigenvalue weighted by atomic mass is 19.1. The summed E-state index contributed by atoms with van der Waals surface area (Å²) in [4.78, 5) is 42.9. The first kappa shape index (κ1) is 31.9. The number of pyridine rings is 2. The van der Waals surface area contributed by atoms with Gasteiger partial charge < -0.3 is 40.2 Å². The molecule has 43 heavy (non-hydrogen) atoms. The minimum absolute atomic E-state index is 0.0335. The number of benzene rings is 1. The summed E-state index contributed by atoms with van der Waals surface area (Å²) in [5.74, 6) is -1.66. The van der Waals surface area contributed by atoms with Gasteiger partial charge >= 0.3 is 6.09 Å². The van der Waals surface area contributed by atoms with E-state index in [1.54, 1.807) is 18.2 Å². The number of carbonyl (C=O) groups is 2. The lowest BCUT2D eigenvalue weighted by Gasteiger charge is -2.18. The van der Waals surface area contributed by atoms with E-state index in [9.17, 15) is 29.0 Å². The minimum Gasteiger partial charge on any atom is -0.505 e. The maximum Gasteiger partial charge on any atom is 0.407 e. The number of hydrogen-bond acceptors (Lipinski definition) is 8. The maximum absolute atomic E-state index is 13.4. The van der Waals surface area contributed by atoms with Crippen LogP contribution in [0, 0.1) is 5.82 Å². The van der Waals surface area contributed by atoms with Crippen LogP contribution in [-0.2, 0) is 22.4 Å². The first-order valence-corrected chi connectivity index (χ1v) is 14.3. The zero-order chi connectivity index (χ0) is 30.9. The molecule has 0 spiro atoms. The first-order chi connectivity index (χ1) is 20.7. The van der Waals surface area contributed by atoms with Crippen molar-refractivity contribution in [3.63, 3.8) is 0 Å². The third kappa shape index (κ3) is 8.27. The highest BCUT2D eigenvalue weighted by molar-refractivity contribution is 6.01. The zero-order valence-corrected chi connectivity index (χ0v) is 24.1. The lowest BCUT2D eigenvalue weighted by atomic mass is 10.1. The van der Waals surface area contributed by atoms with Crippen molar-refractivity contribution in [1.82, 2.24) is 19.8 Å². The van der Waals surface area contributed by atoms with Crippen molar-refractivity contribution in [2.45, 2.75) is 50.9 Å². The Bertz CT molecular complexity index is 1470. The summed E-state index contributed by atoms with van der Waals surface area (Å²) in [5.41, 5.74) is 5.88. The van der Waals surface area contributed by atoms with Crippen molar-refractivity contribution in [1.29, 1.82) is 0 Å². The van der Waals surface area contributed by atoms with Gasteiger partial charge in [0.1, 0.15) is 16.9 Å². The van der Waals surface area contributed by atoms with E-state index in [4.69, 9.17) is 15.2 Å². The molecule has 5 N–H and O–H groups in total. The second kappa shape index (κ2) is 14.9. The minimum atomic E-state index is -1.17. The van der Waals surface area contributed by atoms with E-state index in [2.05, 4.69) is 10.3 Å². The van der Waals surface area contributed by atoms with E-state index in [0.29, 0.717) is 31.2 Å². The number of nitrogens with two attached hydrogens (primary N) is 1. The highest BCUT2D eigenvalue weighted by Crippen LogP contribution is 2.26. The van der Waals surface area contributed by atoms with Crippen LogP contribution in [0.25, 0.3) is 11.0 Å². The Labute approximate surface area is 248 Å². The van der Waals surface area contributed by atoms with Crippen molar-refractivity contribution in [2.75, 3.05) is 39.9 Å². The molecule has 2 aliphatic rings. The molecule has 5 rings (SSSR count). The fraction of sp³-hybridized carbons (Fsp3) is 0.467. The molecule has 1 aromatic carbocycles. The van der Waals surface area contributed by atoms with Gasteiger partial charge in [-0.15, -0.1) is 0 Å². The average Bonchev–Trinajstić information content (AvgIpc) is 3.72. The molecule has 2 saturated heterocycles. The Hall–Kier alpha value is -4.07. The van der Waals surface area contributed by atoms with Crippen LogP contribution >= 0.6 is 0 Å². The lowest BCUT2D eigenvalue weighted by molar-refractivity contribution is 0.0853. The van der Waals surface area contributed by atoms with Crippen LogP contribution in [0.5, 0.6) is 5.75 Å². The van der Waals surface area contributed by atoms with Gasteiger partial charge in [-0.3, -0.25) is 14.6 Å². The van der Waals surface area contributed by atoms with Crippen LogP contribution in [-0.4, -0.2) is 88.8 Å². The van der Waals surface area contributed by atoms with Gasteiger partial charge in [0.25, 0.3) is 11.5 Å². The number of carbonyl (C=O) groups excluding carboxylic acids is 1. The van der Waals surface area contributed by atoms with Crippen LogP contribution in [0.3, 0.4) is 0 Å². The van der Waals surface area contributed by atoms with Crippen molar-refractivity contribution < 1.29 is 33.7 Å². The van der Waals surface area contributed by atoms with Crippen molar-refractivity contribution in [3.05, 3.63) is 69.4 Å². The lowest BCUT2D eigenvalue weighted by Crippen LogP contribution is -2.38. The van der Waals surface area contributed by atoms with Gasteiger partial charge in [-0.05, 0) is 61.4 Å². The van der Waals surface area contributed by atoms with E-state index in [1.165, 1.54) is 36.4 Å². The molecule has 3 aromatic rings. The molecule has 232 valence electrons. The second-order valence-electron chi connectivity index (χ2n) is 10.6. The Morgan fingerprint density at radius 1 is 1.14 bits per heavy atom. The van der Waals surface area contributed by atoms with Gasteiger partial charge in [-0.1, -0.05) is 12.1 Å². The van der Waals surface area contributed by atoms with Gasteiger partial charge in [0.2, 0.25) is 0 Å². The molecular weight excluding hydrogens is 561 g/mol. The third-order valence-electron chi connectivity index (χ3n) is 7.47. The topological polar surface area (TPSA) is 169 Å². The molecule has 4 heterocycles. The average molecular weight is 600 g/mol. The van der Waals surface area contributed by atoms with Crippen LogP contribution in [0.2, 0.25) is 0 Å². The number of nitrogens with zero attached hydrogens (tertiary/aromatic N) is 3. The molecule has 2 atom stereocenters. The number of aromatic hydroxyl groups is 1. The number of hydrogen-bond donors (Lipinski definition) is 4.